The number of aromatic nitrogens is 4. The maximum atomic E-state index is 12.4. The molecule has 0 unspecified atom stereocenters. The fourth-order valence-corrected chi connectivity index (χ4v) is 3.03. The number of amides is 1. The Morgan fingerprint density at radius 3 is 2.38 bits per heavy atom. The van der Waals surface area contributed by atoms with Crippen LogP contribution in [-0.2, 0) is 16.1 Å². The average Bonchev–Trinajstić information content (AvgIpc) is 2.76. The van der Waals surface area contributed by atoms with Gasteiger partial charge in [0.15, 0.2) is 17.0 Å². The second-order valence-electron chi connectivity index (χ2n) is 7.20. The van der Waals surface area contributed by atoms with Gasteiger partial charge in [-0.25, -0.2) is 14.8 Å². The number of carbonyl (C=O) groups is 3. The molecule has 2 aromatic heterocycles. The number of nitrogens with one attached hydrogen (secondary N) is 1. The van der Waals surface area contributed by atoms with Crippen molar-refractivity contribution in [2.75, 3.05) is 23.4 Å². The molecule has 176 valence electrons. The van der Waals surface area contributed by atoms with E-state index in [4.69, 9.17) is 16.6 Å². The van der Waals surface area contributed by atoms with Crippen LogP contribution in [0.5, 0.6) is 0 Å². The zero-order valence-electron chi connectivity index (χ0n) is 17.6. The van der Waals surface area contributed by atoms with E-state index in [1.54, 1.807) is 18.3 Å². The molecule has 1 aromatic carbocycles. The molecule has 0 bridgehead atoms. The average molecular weight is 544 g/mol. The summed E-state index contributed by atoms with van der Waals surface area (Å²) in [6, 6.07) is 5.16. The van der Waals surface area contributed by atoms with Crippen LogP contribution < -0.4 is 21.7 Å². The molecule has 13 nitrogen and oxygen atoms in total. The molecule has 0 aliphatic heterocycles. The van der Waals surface area contributed by atoms with Crippen molar-refractivity contribution < 1.29 is 24.6 Å². The Morgan fingerprint density at radius 2 is 1.76 bits per heavy atom. The number of hydrogen-bond acceptors (Lipinski definition) is 10. The molecular formula is C20H24N8O5Sr. The molecule has 0 aliphatic carbocycles. The van der Waals surface area contributed by atoms with E-state index in [0.717, 1.165) is 5.69 Å². The standard InChI is InChI=1S/C20H22N8O5.Sr.2H/c1-28(9-11-8-23-17-15(24-11)16(21)26-20(22)27-17)12-4-2-10(3-5-12)18(31)25-13(19(32)33)6-7-14(29)30;;;/h2-5,8,13H,6-7,9H2,1H3,(H,25,31)(H,29,30)(H,32,33)(H4,21,22,23,26,27);;;/t13-;;;/m0.../s1. The second kappa shape index (κ2) is 11.9. The van der Waals surface area contributed by atoms with Gasteiger partial charge in [0.25, 0.3) is 5.91 Å². The van der Waals surface area contributed by atoms with Crippen LogP contribution >= 0.6 is 0 Å². The van der Waals surface area contributed by atoms with Gasteiger partial charge >= 0.3 is 57.4 Å². The summed E-state index contributed by atoms with van der Waals surface area (Å²) >= 11 is 0. The first-order chi connectivity index (χ1) is 15.6. The summed E-state index contributed by atoms with van der Waals surface area (Å²) in [7, 11) is 1.82. The Bertz CT molecular complexity index is 1210. The quantitative estimate of drug-likeness (QED) is 0.213. The third-order valence-corrected chi connectivity index (χ3v) is 4.72. The van der Waals surface area contributed by atoms with E-state index < -0.39 is 23.9 Å². The molecule has 34 heavy (non-hydrogen) atoms. The first kappa shape index (κ1) is 27.2. The Balaban J connectivity index is 0.00000408. The summed E-state index contributed by atoms with van der Waals surface area (Å²) in [6.45, 7) is 0.370. The summed E-state index contributed by atoms with van der Waals surface area (Å²) in [5.74, 6) is -2.91. The number of nitrogens with two attached hydrogens (primary N) is 2. The van der Waals surface area contributed by atoms with E-state index in [2.05, 4.69) is 25.3 Å². The molecule has 3 aromatic rings. The summed E-state index contributed by atoms with van der Waals surface area (Å²) in [6.07, 6.45) is 0.964. The van der Waals surface area contributed by atoms with Gasteiger partial charge in [0.2, 0.25) is 5.95 Å². The first-order valence-electron chi connectivity index (χ1n) is 9.75. The molecule has 0 radical (unpaired) electrons. The summed E-state index contributed by atoms with van der Waals surface area (Å²) in [5.41, 5.74) is 13.7. The number of rotatable bonds is 9. The van der Waals surface area contributed by atoms with E-state index in [1.165, 1.54) is 12.1 Å². The number of carbonyl (C=O) groups excluding carboxylic acids is 1. The minimum atomic E-state index is -1.30. The van der Waals surface area contributed by atoms with Gasteiger partial charge in [-0.05, 0) is 30.7 Å². The normalized spacial score (nSPS) is 11.3. The van der Waals surface area contributed by atoms with Gasteiger partial charge in [0, 0.05) is 24.7 Å². The molecule has 0 saturated heterocycles. The predicted octanol–water partition coefficient (Wildman–Crippen LogP) is -0.648. The number of carboxylic acid groups (broad SMARTS) is 2. The fourth-order valence-electron chi connectivity index (χ4n) is 3.03. The first-order valence-corrected chi connectivity index (χ1v) is 9.75. The zero-order chi connectivity index (χ0) is 24.1. The third kappa shape index (κ3) is 6.96. The molecule has 1 atom stereocenters. The van der Waals surface area contributed by atoms with Crippen molar-refractivity contribution >= 4 is 91.9 Å². The Morgan fingerprint density at radius 1 is 1.09 bits per heavy atom. The Hall–Kier alpha value is -3.07. The Kier molecular flexibility index (Phi) is 9.49. The van der Waals surface area contributed by atoms with Gasteiger partial charge in [0.1, 0.15) is 6.04 Å². The van der Waals surface area contributed by atoms with Crippen molar-refractivity contribution in [3.8, 4) is 0 Å². The molecule has 1 amide bonds. The number of benzene rings is 1. The molecular weight excluding hydrogens is 520 g/mol. The van der Waals surface area contributed by atoms with E-state index in [1.807, 2.05) is 11.9 Å². The van der Waals surface area contributed by atoms with Crippen LogP contribution in [0.15, 0.2) is 30.5 Å². The van der Waals surface area contributed by atoms with Gasteiger partial charge < -0.3 is 31.9 Å². The summed E-state index contributed by atoms with van der Waals surface area (Å²) in [5, 5.41) is 20.2. The summed E-state index contributed by atoms with van der Waals surface area (Å²) < 4.78 is 0. The molecule has 0 aliphatic rings. The van der Waals surface area contributed by atoms with Crippen LogP contribution in [0.3, 0.4) is 0 Å². The minimum absolute atomic E-state index is 0. The molecule has 2 heterocycles. The number of carboxylic acids is 2. The van der Waals surface area contributed by atoms with E-state index in [9.17, 15) is 19.5 Å². The van der Waals surface area contributed by atoms with E-state index in [-0.39, 0.29) is 75.7 Å². The van der Waals surface area contributed by atoms with Gasteiger partial charge in [-0.15, -0.1) is 0 Å². The van der Waals surface area contributed by atoms with Crippen molar-refractivity contribution in [2.24, 2.45) is 0 Å². The molecule has 14 heteroatoms. The molecule has 0 fully saturated rings. The molecule has 0 spiro atoms. The number of hydrogen-bond donors (Lipinski definition) is 5. The topological polar surface area (TPSA) is 211 Å². The van der Waals surface area contributed by atoms with Crippen LogP contribution in [0.2, 0.25) is 0 Å². The Labute approximate surface area is 230 Å². The molecule has 0 saturated carbocycles. The third-order valence-electron chi connectivity index (χ3n) is 4.72. The van der Waals surface area contributed by atoms with Crippen molar-refractivity contribution in [3.63, 3.8) is 0 Å². The van der Waals surface area contributed by atoms with Crippen LogP contribution in [0.25, 0.3) is 11.2 Å². The monoisotopic (exact) mass is 544 g/mol. The number of anilines is 3. The predicted molar refractivity (Wildman–Crippen MR) is 127 cm³/mol. The SMILES string of the molecule is CN(Cc1cnc2nc(N)nc(N)c2n1)c1ccc(C(=O)N[C@@H](CCC(=O)O)C(=O)O)cc1.[SrH2]. The van der Waals surface area contributed by atoms with Crippen LogP contribution in [0.1, 0.15) is 28.9 Å². The number of nitrogen functional groups attached to an aromatic ring is 2. The van der Waals surface area contributed by atoms with Crippen molar-refractivity contribution in [1.29, 1.82) is 0 Å². The molecule has 7 N–H and O–H groups in total. The molecule has 3 rings (SSSR count). The van der Waals surface area contributed by atoms with Crippen molar-refractivity contribution in [2.45, 2.75) is 25.4 Å². The maximum absolute atomic E-state index is 12.4. The second-order valence-corrected chi connectivity index (χ2v) is 7.20. The summed E-state index contributed by atoms with van der Waals surface area (Å²) in [4.78, 5) is 52.7. The van der Waals surface area contributed by atoms with Crippen LogP contribution in [0, 0.1) is 0 Å². The number of aliphatic carboxylic acids is 2. The number of nitrogens with zero attached hydrogens (tertiary/aromatic N) is 5. The van der Waals surface area contributed by atoms with Crippen LogP contribution in [0.4, 0.5) is 17.5 Å². The van der Waals surface area contributed by atoms with E-state index in [0.29, 0.717) is 23.4 Å². The van der Waals surface area contributed by atoms with Gasteiger partial charge in [-0.1, -0.05) is 0 Å². The van der Waals surface area contributed by atoms with E-state index >= 15 is 0 Å². The van der Waals surface area contributed by atoms with Gasteiger partial charge in [0.05, 0.1) is 18.4 Å². The van der Waals surface area contributed by atoms with Crippen molar-refractivity contribution in [3.05, 3.63) is 41.7 Å². The zero-order valence-corrected chi connectivity index (χ0v) is 17.6. The van der Waals surface area contributed by atoms with Gasteiger partial charge in [-0.2, -0.15) is 9.97 Å². The fraction of sp³-hybridized carbons (Fsp3) is 0.250. The van der Waals surface area contributed by atoms with Gasteiger partial charge in [-0.3, -0.25) is 9.59 Å². The van der Waals surface area contributed by atoms with Crippen molar-refractivity contribution in [1.82, 2.24) is 25.3 Å². The number of fused-ring (bicyclic) bond motifs is 1. The van der Waals surface area contributed by atoms with Crippen LogP contribution in [-0.4, -0.2) is 107 Å².